The number of aromatic nitrogens is 3. The largest absolute Gasteiger partial charge is 0.394 e. The fourth-order valence-corrected chi connectivity index (χ4v) is 1.99. The highest BCUT2D eigenvalue weighted by Gasteiger charge is 2.25. The predicted octanol–water partition coefficient (Wildman–Crippen LogP) is -0.433. The number of nitrogens with one attached hydrogen (secondary N) is 1. The first kappa shape index (κ1) is 14.7. The monoisotopic (exact) mass is 282 g/mol. The normalized spacial score (nSPS) is 19.0. The maximum atomic E-state index is 9.46. The molecule has 1 fully saturated rings. The Morgan fingerprint density at radius 3 is 2.85 bits per heavy atom. The molecule has 8 nitrogen and oxygen atoms in total. The fourth-order valence-electron chi connectivity index (χ4n) is 1.99. The number of hydrogen-bond acceptors (Lipinski definition) is 8. The number of nitrogens with zero attached hydrogens (tertiary/aromatic N) is 5. The van der Waals surface area contributed by atoms with Crippen LogP contribution >= 0.6 is 0 Å². The summed E-state index contributed by atoms with van der Waals surface area (Å²) in [6.07, 6.45) is 0. The summed E-state index contributed by atoms with van der Waals surface area (Å²) in [6.45, 7) is 4.49. The first-order chi connectivity index (χ1) is 9.65. The van der Waals surface area contributed by atoms with Crippen LogP contribution in [0.1, 0.15) is 6.92 Å². The van der Waals surface area contributed by atoms with Crippen molar-refractivity contribution < 1.29 is 9.84 Å². The van der Waals surface area contributed by atoms with E-state index in [-0.39, 0.29) is 12.6 Å². The molecule has 8 heteroatoms. The number of hydrogen-bond donors (Lipinski definition) is 2. The van der Waals surface area contributed by atoms with Crippen molar-refractivity contribution in [1.29, 1.82) is 0 Å². The van der Waals surface area contributed by atoms with Gasteiger partial charge in [0.1, 0.15) is 0 Å². The summed E-state index contributed by atoms with van der Waals surface area (Å²) < 4.78 is 5.38. The summed E-state index contributed by atoms with van der Waals surface area (Å²) in [5.41, 5.74) is 0. The van der Waals surface area contributed by atoms with E-state index in [1.54, 1.807) is 0 Å². The zero-order valence-corrected chi connectivity index (χ0v) is 12.2. The second-order valence-corrected chi connectivity index (χ2v) is 4.79. The molecule has 112 valence electrons. The number of morpholine rings is 1. The van der Waals surface area contributed by atoms with Gasteiger partial charge in [0.05, 0.1) is 25.9 Å². The van der Waals surface area contributed by atoms with Gasteiger partial charge >= 0.3 is 0 Å². The maximum Gasteiger partial charge on any atom is 0.232 e. The summed E-state index contributed by atoms with van der Waals surface area (Å²) in [5.74, 6) is 1.71. The number of aliphatic hydroxyl groups excluding tert-OH is 1. The Balaban J connectivity index is 2.32. The van der Waals surface area contributed by atoms with Crippen molar-refractivity contribution in [2.45, 2.75) is 13.0 Å². The second-order valence-electron chi connectivity index (χ2n) is 4.79. The van der Waals surface area contributed by atoms with Crippen LogP contribution in [0.15, 0.2) is 0 Å². The van der Waals surface area contributed by atoms with Crippen LogP contribution in [0.2, 0.25) is 0 Å². The third-order valence-electron chi connectivity index (χ3n) is 3.04. The predicted molar refractivity (Wildman–Crippen MR) is 77.4 cm³/mol. The van der Waals surface area contributed by atoms with Crippen molar-refractivity contribution in [3.05, 3.63) is 0 Å². The topological polar surface area (TPSA) is 86.6 Å². The van der Waals surface area contributed by atoms with E-state index in [4.69, 9.17) is 4.74 Å². The maximum absolute atomic E-state index is 9.46. The van der Waals surface area contributed by atoms with Gasteiger partial charge in [-0.05, 0) is 6.92 Å². The van der Waals surface area contributed by atoms with Crippen molar-refractivity contribution in [3.63, 3.8) is 0 Å². The molecule has 0 aliphatic carbocycles. The molecule has 1 atom stereocenters. The molecule has 1 aliphatic rings. The average molecular weight is 282 g/mol. The van der Waals surface area contributed by atoms with E-state index in [9.17, 15) is 5.11 Å². The summed E-state index contributed by atoms with van der Waals surface area (Å²) in [4.78, 5) is 17.0. The fraction of sp³-hybridized carbons (Fsp3) is 0.750. The highest BCUT2D eigenvalue weighted by atomic mass is 16.5. The number of ether oxygens (including phenoxy) is 1. The van der Waals surface area contributed by atoms with Crippen LogP contribution in [-0.2, 0) is 4.74 Å². The molecule has 1 aromatic rings. The van der Waals surface area contributed by atoms with Gasteiger partial charge in [0.15, 0.2) is 0 Å². The Hall–Kier alpha value is -1.67. The Labute approximate surface area is 118 Å². The minimum absolute atomic E-state index is 0.0134. The van der Waals surface area contributed by atoms with Crippen LogP contribution < -0.4 is 15.1 Å². The molecular formula is C12H22N6O2. The summed E-state index contributed by atoms with van der Waals surface area (Å²) in [5, 5.41) is 12.6. The molecule has 0 amide bonds. The van der Waals surface area contributed by atoms with Crippen molar-refractivity contribution in [3.8, 4) is 0 Å². The van der Waals surface area contributed by atoms with Gasteiger partial charge in [-0.3, -0.25) is 0 Å². The van der Waals surface area contributed by atoms with Gasteiger partial charge in [0, 0.05) is 27.2 Å². The number of anilines is 3. The summed E-state index contributed by atoms with van der Waals surface area (Å²) >= 11 is 0. The Morgan fingerprint density at radius 1 is 1.40 bits per heavy atom. The van der Waals surface area contributed by atoms with Crippen LogP contribution in [0.4, 0.5) is 17.8 Å². The van der Waals surface area contributed by atoms with Crippen LogP contribution in [0, 0.1) is 0 Å². The Morgan fingerprint density at radius 2 is 2.20 bits per heavy atom. The van der Waals surface area contributed by atoms with Crippen molar-refractivity contribution in [1.82, 2.24) is 15.0 Å². The Bertz CT molecular complexity index is 442. The van der Waals surface area contributed by atoms with Crippen molar-refractivity contribution in [2.24, 2.45) is 0 Å². The van der Waals surface area contributed by atoms with Gasteiger partial charge in [0.2, 0.25) is 17.8 Å². The van der Waals surface area contributed by atoms with E-state index in [0.717, 1.165) is 6.54 Å². The van der Waals surface area contributed by atoms with E-state index >= 15 is 0 Å². The SMILES string of the molecule is CCNc1nc(N(C)C)nc(N2CCOCC2CO)n1. The van der Waals surface area contributed by atoms with Gasteiger partial charge in [-0.2, -0.15) is 15.0 Å². The third-order valence-corrected chi connectivity index (χ3v) is 3.04. The van der Waals surface area contributed by atoms with E-state index in [1.165, 1.54) is 0 Å². The van der Waals surface area contributed by atoms with Gasteiger partial charge in [-0.25, -0.2) is 0 Å². The summed E-state index contributed by atoms with van der Waals surface area (Å²) in [7, 11) is 3.77. The molecule has 2 rings (SSSR count). The van der Waals surface area contributed by atoms with Gasteiger partial charge in [-0.1, -0.05) is 0 Å². The lowest BCUT2D eigenvalue weighted by Crippen LogP contribution is -2.48. The minimum atomic E-state index is -0.115. The van der Waals surface area contributed by atoms with E-state index in [1.807, 2.05) is 30.8 Å². The third kappa shape index (κ3) is 3.26. The highest BCUT2D eigenvalue weighted by Crippen LogP contribution is 2.19. The zero-order valence-electron chi connectivity index (χ0n) is 12.2. The first-order valence-electron chi connectivity index (χ1n) is 6.78. The molecule has 1 aliphatic heterocycles. The lowest BCUT2D eigenvalue weighted by atomic mass is 10.2. The van der Waals surface area contributed by atoms with Gasteiger partial charge in [-0.15, -0.1) is 0 Å². The molecule has 2 heterocycles. The molecule has 0 aromatic carbocycles. The molecule has 0 saturated carbocycles. The highest BCUT2D eigenvalue weighted by molar-refractivity contribution is 5.45. The number of rotatable bonds is 5. The van der Waals surface area contributed by atoms with Gasteiger partial charge in [0.25, 0.3) is 0 Å². The molecule has 0 spiro atoms. The molecule has 1 unspecified atom stereocenters. The molecule has 0 bridgehead atoms. The van der Waals surface area contributed by atoms with Crippen LogP contribution in [0.25, 0.3) is 0 Å². The minimum Gasteiger partial charge on any atom is -0.394 e. The zero-order chi connectivity index (χ0) is 14.5. The van der Waals surface area contributed by atoms with Crippen molar-refractivity contribution in [2.75, 3.05) is 62.1 Å². The first-order valence-corrected chi connectivity index (χ1v) is 6.78. The lowest BCUT2D eigenvalue weighted by Gasteiger charge is -2.34. The number of aliphatic hydroxyl groups is 1. The standard InChI is InChI=1S/C12H22N6O2/c1-4-13-10-14-11(17(2)3)16-12(15-10)18-5-6-20-8-9(18)7-19/h9,19H,4-8H2,1-3H3,(H,13,14,15,16). The van der Waals surface area contributed by atoms with E-state index in [0.29, 0.717) is 37.6 Å². The molecule has 1 aromatic heterocycles. The second kappa shape index (κ2) is 6.67. The summed E-state index contributed by atoms with van der Waals surface area (Å²) in [6, 6.07) is -0.115. The average Bonchev–Trinajstić information content (AvgIpc) is 2.47. The smallest absolute Gasteiger partial charge is 0.232 e. The van der Waals surface area contributed by atoms with Gasteiger partial charge < -0.3 is 25.0 Å². The van der Waals surface area contributed by atoms with E-state index < -0.39 is 0 Å². The molecule has 20 heavy (non-hydrogen) atoms. The quantitative estimate of drug-likeness (QED) is 0.752. The van der Waals surface area contributed by atoms with E-state index in [2.05, 4.69) is 20.3 Å². The Kier molecular flexibility index (Phi) is 4.91. The van der Waals surface area contributed by atoms with Crippen LogP contribution in [0.3, 0.4) is 0 Å². The molecule has 0 radical (unpaired) electrons. The molecular weight excluding hydrogens is 260 g/mol. The lowest BCUT2D eigenvalue weighted by molar-refractivity contribution is 0.0718. The molecule has 1 saturated heterocycles. The van der Waals surface area contributed by atoms with Crippen molar-refractivity contribution >= 4 is 17.8 Å². The van der Waals surface area contributed by atoms with Crippen LogP contribution in [0.5, 0.6) is 0 Å². The molecule has 2 N–H and O–H groups in total. The van der Waals surface area contributed by atoms with Crippen LogP contribution in [-0.4, -0.2) is 73.1 Å².